The highest BCUT2D eigenvalue weighted by atomic mass is 16.6. The predicted octanol–water partition coefficient (Wildman–Crippen LogP) is -0.829. The topological polar surface area (TPSA) is 76.6 Å². The lowest BCUT2D eigenvalue weighted by molar-refractivity contribution is -0.169. The summed E-state index contributed by atoms with van der Waals surface area (Å²) in [6.45, 7) is 8.71. The van der Waals surface area contributed by atoms with Crippen molar-refractivity contribution in [3.05, 3.63) is 0 Å². The maximum absolute atomic E-state index is 12.7. The van der Waals surface area contributed by atoms with Gasteiger partial charge in [0, 0.05) is 45.2 Å². The lowest BCUT2D eigenvalue weighted by Crippen LogP contribution is -2.63. The van der Waals surface area contributed by atoms with E-state index in [1.54, 1.807) is 20.7 Å². The molecule has 1 N–H and O–H groups in total. The highest BCUT2D eigenvalue weighted by molar-refractivity contribution is 6.39. The molecule has 0 aromatic heterocycles. The molecule has 2 amide bonds. The van der Waals surface area contributed by atoms with Crippen LogP contribution in [0.2, 0.25) is 0 Å². The van der Waals surface area contributed by atoms with Gasteiger partial charge in [-0.2, -0.15) is 0 Å². The standard InChI is InChI=1S/C20H36B2N4O4/c1-3-25-19(13-16(27)26(25)20(21,22)29)6-9-23(10-7-19)15-11-18(12-15)5-8-24(14-18)17(28)30-4-2/h15,29H,3-14,21-22H2,1-2H3. The minimum absolute atomic E-state index is 0.0328. The second-order valence-corrected chi connectivity index (χ2v) is 10.3. The van der Waals surface area contributed by atoms with Gasteiger partial charge in [-0.25, -0.2) is 9.80 Å². The first-order chi connectivity index (χ1) is 14.1. The molecule has 4 aliphatic rings. The van der Waals surface area contributed by atoms with Crippen molar-refractivity contribution < 1.29 is 19.4 Å². The minimum atomic E-state index is -1.17. The normalized spacial score (nSPS) is 32.2. The Balaban J connectivity index is 1.32. The predicted molar refractivity (Wildman–Crippen MR) is 118 cm³/mol. The van der Waals surface area contributed by atoms with Crippen molar-refractivity contribution in [1.29, 1.82) is 0 Å². The molecule has 0 atom stereocenters. The second-order valence-electron chi connectivity index (χ2n) is 10.3. The van der Waals surface area contributed by atoms with E-state index < -0.39 is 5.52 Å². The summed E-state index contributed by atoms with van der Waals surface area (Å²) < 4.78 is 5.17. The van der Waals surface area contributed by atoms with Gasteiger partial charge in [0.1, 0.15) is 0 Å². The Morgan fingerprint density at radius 1 is 1.20 bits per heavy atom. The van der Waals surface area contributed by atoms with Crippen LogP contribution in [-0.4, -0.2) is 109 Å². The van der Waals surface area contributed by atoms with Crippen LogP contribution < -0.4 is 0 Å². The number of nitrogens with zero attached hydrogens (tertiary/aromatic N) is 4. The molecule has 4 fully saturated rings. The fourth-order valence-corrected chi connectivity index (χ4v) is 6.45. The number of hydrogen-bond donors (Lipinski definition) is 1. The number of likely N-dealkylation sites (tertiary alicyclic amines) is 2. The molecule has 0 aromatic carbocycles. The van der Waals surface area contributed by atoms with Crippen LogP contribution in [0.5, 0.6) is 0 Å². The third-order valence-corrected chi connectivity index (χ3v) is 7.87. The second kappa shape index (κ2) is 7.71. The average Bonchev–Trinajstić information content (AvgIpc) is 3.21. The average molecular weight is 418 g/mol. The van der Waals surface area contributed by atoms with E-state index >= 15 is 0 Å². The molecular formula is C20H36B2N4O4. The zero-order chi connectivity index (χ0) is 21.7. The lowest BCUT2D eigenvalue weighted by atomic mass is 9.64. The third kappa shape index (κ3) is 3.65. The van der Waals surface area contributed by atoms with Crippen molar-refractivity contribution in [3.8, 4) is 0 Å². The molecule has 0 unspecified atom stereocenters. The zero-order valence-electron chi connectivity index (χ0n) is 19.0. The van der Waals surface area contributed by atoms with Gasteiger partial charge in [-0.15, -0.1) is 0 Å². The SMILES string of the molecule is BC(B)(O)N1C(=O)CC2(CCN(C3CC4(CCN(C(=O)OCC)C4)C3)CC2)N1CC. The molecule has 3 saturated heterocycles. The van der Waals surface area contributed by atoms with E-state index in [-0.39, 0.29) is 23.0 Å². The van der Waals surface area contributed by atoms with Crippen molar-refractivity contribution in [2.75, 3.05) is 39.3 Å². The van der Waals surface area contributed by atoms with E-state index in [0.29, 0.717) is 19.1 Å². The maximum atomic E-state index is 12.7. The number of carbonyl (C=O) groups excluding carboxylic acids is 2. The molecule has 1 aliphatic carbocycles. The van der Waals surface area contributed by atoms with Crippen LogP contribution in [0.1, 0.15) is 52.4 Å². The van der Waals surface area contributed by atoms with Crippen LogP contribution in [0.4, 0.5) is 4.79 Å². The largest absolute Gasteiger partial charge is 0.450 e. The molecule has 0 aromatic rings. The van der Waals surface area contributed by atoms with Crippen LogP contribution >= 0.6 is 0 Å². The summed E-state index contributed by atoms with van der Waals surface area (Å²) in [7, 11) is 3.38. The number of hydrazine groups is 1. The first kappa shape index (κ1) is 22.0. The van der Waals surface area contributed by atoms with Crippen LogP contribution in [0.15, 0.2) is 0 Å². The van der Waals surface area contributed by atoms with Crippen molar-refractivity contribution in [2.24, 2.45) is 5.41 Å². The highest BCUT2D eigenvalue weighted by Crippen LogP contribution is 2.51. The summed E-state index contributed by atoms with van der Waals surface area (Å²) in [6.07, 6.45) is 5.64. The van der Waals surface area contributed by atoms with Crippen molar-refractivity contribution in [1.82, 2.24) is 19.8 Å². The van der Waals surface area contributed by atoms with E-state index in [1.807, 2.05) is 11.8 Å². The molecular weight excluding hydrogens is 382 g/mol. The molecule has 0 bridgehead atoms. The number of carbonyl (C=O) groups is 2. The lowest BCUT2D eigenvalue weighted by Gasteiger charge is -2.54. The number of amides is 2. The summed E-state index contributed by atoms with van der Waals surface area (Å²) in [4.78, 5) is 29.2. The van der Waals surface area contributed by atoms with E-state index in [0.717, 1.165) is 64.8 Å². The summed E-state index contributed by atoms with van der Waals surface area (Å²) in [5.74, 6) is 0.0328. The summed E-state index contributed by atoms with van der Waals surface area (Å²) in [5.41, 5.74) is -1.04. The van der Waals surface area contributed by atoms with Crippen LogP contribution in [0.3, 0.4) is 0 Å². The van der Waals surface area contributed by atoms with Gasteiger partial charge in [0.15, 0.2) is 15.7 Å². The monoisotopic (exact) mass is 418 g/mol. The van der Waals surface area contributed by atoms with E-state index in [1.165, 1.54) is 0 Å². The number of rotatable bonds is 4. The van der Waals surface area contributed by atoms with Crippen molar-refractivity contribution in [3.63, 3.8) is 0 Å². The van der Waals surface area contributed by atoms with Crippen LogP contribution in [-0.2, 0) is 9.53 Å². The van der Waals surface area contributed by atoms with E-state index in [4.69, 9.17) is 4.74 Å². The van der Waals surface area contributed by atoms with E-state index in [2.05, 4.69) is 16.8 Å². The quantitative estimate of drug-likeness (QED) is 0.601. The minimum Gasteiger partial charge on any atom is -0.450 e. The molecule has 30 heavy (non-hydrogen) atoms. The number of aliphatic hydroxyl groups is 1. The zero-order valence-corrected chi connectivity index (χ0v) is 19.0. The Morgan fingerprint density at radius 3 is 2.43 bits per heavy atom. The first-order valence-electron chi connectivity index (χ1n) is 11.6. The Morgan fingerprint density at radius 2 is 1.87 bits per heavy atom. The molecule has 2 spiro atoms. The summed E-state index contributed by atoms with van der Waals surface area (Å²) in [6, 6.07) is 0.585. The smallest absolute Gasteiger partial charge is 0.409 e. The molecule has 10 heteroatoms. The van der Waals surface area contributed by atoms with Gasteiger partial charge in [-0.05, 0) is 44.4 Å². The fraction of sp³-hybridized carbons (Fsp3) is 0.900. The van der Waals surface area contributed by atoms with Gasteiger partial charge >= 0.3 is 6.09 Å². The Kier molecular flexibility index (Phi) is 5.64. The Hall–Kier alpha value is -1.25. The summed E-state index contributed by atoms with van der Waals surface area (Å²) in [5, 5.41) is 14.2. The van der Waals surface area contributed by atoms with E-state index in [9.17, 15) is 14.7 Å². The van der Waals surface area contributed by atoms with Crippen molar-refractivity contribution >= 4 is 27.7 Å². The third-order valence-electron chi connectivity index (χ3n) is 7.87. The molecule has 3 aliphatic heterocycles. The number of piperidine rings is 1. The Bertz CT molecular complexity index is 687. The highest BCUT2D eigenvalue weighted by Gasteiger charge is 2.56. The molecule has 166 valence electrons. The van der Waals surface area contributed by atoms with Gasteiger partial charge in [-0.1, -0.05) is 6.92 Å². The van der Waals surface area contributed by atoms with Gasteiger partial charge in [0.2, 0.25) is 5.91 Å². The first-order valence-corrected chi connectivity index (χ1v) is 11.6. The molecule has 8 nitrogen and oxygen atoms in total. The molecule has 0 radical (unpaired) electrons. The molecule has 4 rings (SSSR count). The van der Waals surface area contributed by atoms with Crippen molar-refractivity contribution in [2.45, 2.75) is 69.5 Å². The maximum Gasteiger partial charge on any atom is 0.409 e. The van der Waals surface area contributed by atoms with Crippen LogP contribution in [0, 0.1) is 5.41 Å². The van der Waals surface area contributed by atoms with Crippen LogP contribution in [0.25, 0.3) is 0 Å². The number of hydrogen-bond acceptors (Lipinski definition) is 6. The molecule has 1 saturated carbocycles. The van der Waals surface area contributed by atoms with Gasteiger partial charge < -0.3 is 19.6 Å². The number of ether oxygens (including phenoxy) is 1. The van der Waals surface area contributed by atoms with Gasteiger partial charge in [0.05, 0.1) is 17.7 Å². The Labute approximate surface area is 181 Å². The van der Waals surface area contributed by atoms with Gasteiger partial charge in [-0.3, -0.25) is 9.80 Å². The fourth-order valence-electron chi connectivity index (χ4n) is 6.45. The summed E-state index contributed by atoms with van der Waals surface area (Å²) >= 11 is 0. The molecule has 3 heterocycles. The van der Waals surface area contributed by atoms with Gasteiger partial charge in [0.25, 0.3) is 0 Å².